The fraction of sp³-hybridized carbons (Fsp3) is 0.343. The third-order valence-electron chi connectivity index (χ3n) is 9.42. The summed E-state index contributed by atoms with van der Waals surface area (Å²) in [6.45, 7) is 0.383. The summed E-state index contributed by atoms with van der Waals surface area (Å²) in [5, 5.41) is 31.8. The molecule has 14 nitrogen and oxygen atoms in total. The molecule has 3 aliphatic heterocycles. The zero-order chi connectivity index (χ0) is 35.6. The van der Waals surface area contributed by atoms with Crippen molar-refractivity contribution in [1.82, 2.24) is 25.5 Å². The van der Waals surface area contributed by atoms with Gasteiger partial charge in [-0.1, -0.05) is 17.3 Å². The highest BCUT2D eigenvalue weighted by Crippen LogP contribution is 2.47. The largest absolute Gasteiger partial charge is 0.508 e. The molecule has 2 saturated heterocycles. The summed E-state index contributed by atoms with van der Waals surface area (Å²) in [6, 6.07) is 9.34. The number of allylic oxidation sites excluding steroid dienone is 1. The number of thioether (sulfide) groups is 1. The number of nitrogens with one attached hydrogen (secondary N) is 2. The number of nitrogen functional groups attached to an aromatic ring is 1. The molecule has 3 fully saturated rings. The highest BCUT2D eigenvalue weighted by atomic mass is 32.2. The predicted molar refractivity (Wildman–Crippen MR) is 190 cm³/mol. The fourth-order valence-electron chi connectivity index (χ4n) is 7.04. The number of phenolic OH excluding ortho intramolecular Hbond substituents is 1. The Morgan fingerprint density at radius 3 is 2.63 bits per heavy atom. The third-order valence-corrected chi connectivity index (χ3v) is 11.4. The van der Waals surface area contributed by atoms with E-state index in [2.05, 4.69) is 25.8 Å². The molecule has 0 radical (unpaired) electrons. The van der Waals surface area contributed by atoms with Gasteiger partial charge in [0.15, 0.2) is 10.8 Å². The second-order valence-electron chi connectivity index (χ2n) is 12.6. The number of rotatable bonds is 11. The minimum absolute atomic E-state index is 0.0751. The first-order valence-corrected chi connectivity index (χ1v) is 18.5. The van der Waals surface area contributed by atoms with E-state index in [-0.39, 0.29) is 45.7 Å². The quantitative estimate of drug-likeness (QED) is 0.0838. The van der Waals surface area contributed by atoms with E-state index in [1.807, 2.05) is 18.2 Å². The molecule has 3 aromatic rings. The zero-order valence-electron chi connectivity index (χ0n) is 27.3. The first kappa shape index (κ1) is 34.2. The van der Waals surface area contributed by atoms with Crippen LogP contribution < -0.4 is 16.4 Å². The lowest BCUT2D eigenvalue weighted by Gasteiger charge is -2.50. The molecule has 7 rings (SSSR count). The van der Waals surface area contributed by atoms with Crippen LogP contribution in [0.5, 0.6) is 5.75 Å². The van der Waals surface area contributed by atoms with Gasteiger partial charge in [0.05, 0.1) is 0 Å². The Labute approximate surface area is 300 Å². The minimum atomic E-state index is -1.33. The number of β-lactam (4-membered cyclic amide) rings is 1. The lowest BCUT2D eigenvalue weighted by atomic mass is 9.79. The van der Waals surface area contributed by atoms with Crippen LogP contribution in [0.25, 0.3) is 0 Å². The summed E-state index contributed by atoms with van der Waals surface area (Å²) in [5.41, 5.74) is 8.55. The van der Waals surface area contributed by atoms with Crippen molar-refractivity contribution in [2.24, 2.45) is 5.16 Å². The maximum absolute atomic E-state index is 13.9. The number of amides is 3. The summed E-state index contributed by atoms with van der Waals surface area (Å²) >= 11 is 2.43. The number of carbonyl (C=O) groups excluding carboxylic acids is 3. The topological polar surface area (TPSA) is 209 Å². The van der Waals surface area contributed by atoms with Gasteiger partial charge in [-0.15, -0.1) is 23.1 Å². The third kappa shape index (κ3) is 6.93. The van der Waals surface area contributed by atoms with Crippen molar-refractivity contribution in [2.75, 3.05) is 18.0 Å². The molecule has 3 atom stereocenters. The lowest BCUT2D eigenvalue weighted by molar-refractivity contribution is -0.150. The number of pyridine rings is 1. The van der Waals surface area contributed by atoms with Gasteiger partial charge in [-0.3, -0.25) is 24.3 Å². The van der Waals surface area contributed by atoms with E-state index in [0.29, 0.717) is 36.1 Å². The monoisotopic (exact) mass is 729 g/mol. The van der Waals surface area contributed by atoms with Gasteiger partial charge in [0.1, 0.15) is 34.7 Å². The first-order valence-electron chi connectivity index (χ1n) is 16.6. The van der Waals surface area contributed by atoms with E-state index < -0.39 is 35.1 Å². The van der Waals surface area contributed by atoms with E-state index in [1.165, 1.54) is 16.7 Å². The minimum Gasteiger partial charge on any atom is -0.508 e. The Morgan fingerprint density at radius 2 is 1.96 bits per heavy atom. The second-order valence-corrected chi connectivity index (χ2v) is 14.6. The number of hydrogen-bond acceptors (Lipinski definition) is 12. The Kier molecular flexibility index (Phi) is 9.77. The van der Waals surface area contributed by atoms with Crippen molar-refractivity contribution in [3.05, 3.63) is 93.4 Å². The molecule has 1 aliphatic carbocycles. The maximum atomic E-state index is 13.9. The molecular weight excluding hydrogens is 695 g/mol. The van der Waals surface area contributed by atoms with E-state index in [1.54, 1.807) is 36.0 Å². The van der Waals surface area contributed by atoms with E-state index >= 15 is 0 Å². The van der Waals surface area contributed by atoms with Crippen molar-refractivity contribution in [3.8, 4) is 5.75 Å². The van der Waals surface area contributed by atoms with Crippen LogP contribution in [0.1, 0.15) is 54.8 Å². The van der Waals surface area contributed by atoms with Crippen LogP contribution in [0, 0.1) is 0 Å². The molecule has 1 aromatic carbocycles. The van der Waals surface area contributed by atoms with Crippen LogP contribution in [0.3, 0.4) is 0 Å². The number of fused-ring (bicyclic) bond motifs is 1. The van der Waals surface area contributed by atoms with E-state index in [0.717, 1.165) is 48.1 Å². The Bertz CT molecular complexity index is 1970. The molecule has 2 aromatic heterocycles. The molecule has 4 aliphatic rings. The van der Waals surface area contributed by atoms with Gasteiger partial charge in [0.25, 0.3) is 11.8 Å². The summed E-state index contributed by atoms with van der Waals surface area (Å²) in [7, 11) is 0. The zero-order valence-corrected chi connectivity index (χ0v) is 28.9. The molecule has 1 unspecified atom stereocenters. The van der Waals surface area contributed by atoms with Gasteiger partial charge >= 0.3 is 5.97 Å². The summed E-state index contributed by atoms with van der Waals surface area (Å²) in [4.78, 5) is 69.2. The molecule has 16 heteroatoms. The number of hydrogen-bond donors (Lipinski definition) is 5. The molecular formula is C35H35N7O7S2. The van der Waals surface area contributed by atoms with Crippen LogP contribution >= 0.6 is 23.1 Å². The maximum Gasteiger partial charge on any atom is 0.352 e. The van der Waals surface area contributed by atoms with Gasteiger partial charge < -0.3 is 31.4 Å². The second kappa shape index (κ2) is 14.6. The molecule has 1 saturated carbocycles. The molecule has 0 bridgehead atoms. The summed E-state index contributed by atoms with van der Waals surface area (Å²) < 4.78 is 0. The molecule has 3 amide bonds. The normalized spacial score (nSPS) is 22.3. The van der Waals surface area contributed by atoms with Crippen LogP contribution in [-0.2, 0) is 30.4 Å². The molecule has 5 heterocycles. The number of thiazole rings is 1. The Hall–Kier alpha value is -5.22. The number of phenols is 1. The number of nitrogens with zero attached hydrogens (tertiary/aromatic N) is 4. The molecule has 264 valence electrons. The number of anilines is 1. The van der Waals surface area contributed by atoms with Gasteiger partial charge in [-0.25, -0.2) is 9.78 Å². The number of oxime groups is 1. The summed E-state index contributed by atoms with van der Waals surface area (Å²) in [5.74, 6) is -3.25. The Balaban J connectivity index is 1.23. The van der Waals surface area contributed by atoms with Crippen molar-refractivity contribution < 1.29 is 34.2 Å². The summed E-state index contributed by atoms with van der Waals surface area (Å²) in [6.07, 6.45) is 7.44. The number of aliphatic carboxylic acids is 1. The predicted octanol–water partition coefficient (Wildman–Crippen LogP) is 3.07. The lowest BCUT2D eigenvalue weighted by Crippen LogP contribution is -2.71. The van der Waals surface area contributed by atoms with Crippen LogP contribution in [0.15, 0.2) is 81.7 Å². The standard InChI is InChI=1S/C35H35N7O7S2/c36-35-39-25(17-51-35)27(41-49-21-6-1-2-7-21)31(45)40-28-32(46)42-29(34(47)48)24(16-50-33(28)42)26(22-10-13-38-30(22)44)23(19-8-11-37-12-9-19)15-18-4-3-5-20(43)14-18/h3-5,8-9,11-12,14,17,21,23,28,33,43H,1-2,6-7,10,13,15-16H2,(H2,36,39)(H,38,44)(H,40,45)(H,47,48)/t23?,28-,33-/m1/s1. The van der Waals surface area contributed by atoms with Gasteiger partial charge in [-0.05, 0) is 85.1 Å². The number of carbonyl (C=O) groups is 4. The van der Waals surface area contributed by atoms with Gasteiger partial charge in [0.2, 0.25) is 5.91 Å². The number of carboxylic acid groups (broad SMARTS) is 1. The first-order chi connectivity index (χ1) is 24.7. The van der Waals surface area contributed by atoms with Crippen LogP contribution in [0.4, 0.5) is 5.13 Å². The van der Waals surface area contributed by atoms with E-state index in [9.17, 15) is 29.4 Å². The molecule has 0 spiro atoms. The van der Waals surface area contributed by atoms with Crippen LogP contribution in [0.2, 0.25) is 0 Å². The number of aromatic nitrogens is 2. The average Bonchev–Trinajstić information content (AvgIpc) is 3.90. The molecule has 51 heavy (non-hydrogen) atoms. The van der Waals surface area contributed by atoms with Crippen molar-refractivity contribution in [2.45, 2.75) is 62.0 Å². The van der Waals surface area contributed by atoms with Crippen LogP contribution in [-0.4, -0.2) is 84.3 Å². The van der Waals surface area contributed by atoms with E-state index in [4.69, 9.17) is 10.6 Å². The van der Waals surface area contributed by atoms with Crippen molar-refractivity contribution in [1.29, 1.82) is 0 Å². The molecule has 6 N–H and O–H groups in total. The number of nitrogens with two attached hydrogens (primary N) is 1. The average molecular weight is 730 g/mol. The highest BCUT2D eigenvalue weighted by molar-refractivity contribution is 8.00. The number of carboxylic acids is 1. The smallest absolute Gasteiger partial charge is 0.352 e. The van der Waals surface area contributed by atoms with Crippen molar-refractivity contribution in [3.63, 3.8) is 0 Å². The van der Waals surface area contributed by atoms with Gasteiger partial charge in [0, 0.05) is 41.6 Å². The fourth-order valence-corrected chi connectivity index (χ4v) is 8.95. The number of benzene rings is 1. The Morgan fingerprint density at radius 1 is 1.18 bits per heavy atom. The van der Waals surface area contributed by atoms with Gasteiger partial charge in [-0.2, -0.15) is 0 Å². The number of aromatic hydroxyl groups is 1. The highest BCUT2D eigenvalue weighted by Gasteiger charge is 2.55. The van der Waals surface area contributed by atoms with Crippen molar-refractivity contribution >= 4 is 57.6 Å². The SMILES string of the molecule is Nc1nc(C(=NOC2CCCC2)C(=O)N[C@@H]2C(=O)N3C(C(=O)O)=C(C(=C4CCNC4=O)C(Cc4cccc(O)c4)c4ccncc4)CS[C@H]23)cs1.